The Bertz CT molecular complexity index is 752. The van der Waals surface area contributed by atoms with Crippen molar-refractivity contribution in [2.75, 3.05) is 32.7 Å². The zero-order chi connectivity index (χ0) is 17.0. The second-order valence-corrected chi connectivity index (χ2v) is 7.82. The Morgan fingerprint density at radius 3 is 2.46 bits per heavy atom. The van der Waals surface area contributed by atoms with Gasteiger partial charge >= 0.3 is 0 Å². The Balaban J connectivity index is 1.54. The SMILES string of the molecule is CCn1cc(S(=O)(=O)N2CCN(CCc3ccncc3)CC2)cn1. The third-order valence-corrected chi connectivity index (χ3v) is 6.22. The summed E-state index contributed by atoms with van der Waals surface area (Å²) in [5.41, 5.74) is 1.26. The molecule has 130 valence electrons. The predicted octanol–water partition coefficient (Wildman–Crippen LogP) is 0.847. The van der Waals surface area contributed by atoms with Crippen molar-refractivity contribution in [1.29, 1.82) is 0 Å². The molecule has 0 aromatic carbocycles. The van der Waals surface area contributed by atoms with Gasteiger partial charge in [0.15, 0.2) is 0 Å². The normalized spacial score (nSPS) is 17.2. The first-order valence-corrected chi connectivity index (χ1v) is 9.67. The van der Waals surface area contributed by atoms with Crippen LogP contribution in [-0.4, -0.2) is 65.1 Å². The topological polar surface area (TPSA) is 71.3 Å². The average molecular weight is 349 g/mol. The highest BCUT2D eigenvalue weighted by atomic mass is 32.2. The van der Waals surface area contributed by atoms with Crippen LogP contribution < -0.4 is 0 Å². The van der Waals surface area contributed by atoms with E-state index in [1.807, 2.05) is 19.1 Å². The first kappa shape index (κ1) is 17.1. The number of nitrogens with zero attached hydrogens (tertiary/aromatic N) is 5. The van der Waals surface area contributed by atoms with E-state index in [-0.39, 0.29) is 4.90 Å². The summed E-state index contributed by atoms with van der Waals surface area (Å²) in [6.07, 6.45) is 7.60. The molecule has 0 aliphatic carbocycles. The van der Waals surface area contributed by atoms with E-state index < -0.39 is 10.0 Å². The van der Waals surface area contributed by atoms with Crippen molar-refractivity contribution in [2.45, 2.75) is 24.8 Å². The van der Waals surface area contributed by atoms with Gasteiger partial charge in [0.05, 0.1) is 6.20 Å². The molecule has 0 amide bonds. The monoisotopic (exact) mass is 349 g/mol. The smallest absolute Gasteiger partial charge is 0.246 e. The minimum atomic E-state index is -3.43. The van der Waals surface area contributed by atoms with Crippen LogP contribution >= 0.6 is 0 Å². The molecule has 3 rings (SSSR count). The first-order chi connectivity index (χ1) is 11.6. The van der Waals surface area contributed by atoms with Gasteiger partial charge in [-0.25, -0.2) is 8.42 Å². The molecule has 8 heteroatoms. The van der Waals surface area contributed by atoms with Crippen molar-refractivity contribution < 1.29 is 8.42 Å². The van der Waals surface area contributed by atoms with Gasteiger partial charge in [0.25, 0.3) is 0 Å². The third kappa shape index (κ3) is 3.82. The van der Waals surface area contributed by atoms with Gasteiger partial charge in [0, 0.05) is 57.9 Å². The summed E-state index contributed by atoms with van der Waals surface area (Å²) < 4.78 is 28.5. The van der Waals surface area contributed by atoms with Crippen molar-refractivity contribution in [1.82, 2.24) is 24.0 Å². The van der Waals surface area contributed by atoms with Crippen LogP contribution in [0.2, 0.25) is 0 Å². The molecule has 0 radical (unpaired) electrons. The fourth-order valence-electron chi connectivity index (χ4n) is 2.83. The maximum Gasteiger partial charge on any atom is 0.246 e. The molecule has 3 heterocycles. The van der Waals surface area contributed by atoms with Crippen LogP contribution in [0.5, 0.6) is 0 Å². The van der Waals surface area contributed by atoms with Crippen molar-refractivity contribution in [3.8, 4) is 0 Å². The maximum absolute atomic E-state index is 12.6. The second-order valence-electron chi connectivity index (χ2n) is 5.88. The van der Waals surface area contributed by atoms with Gasteiger partial charge in [-0.3, -0.25) is 9.67 Å². The summed E-state index contributed by atoms with van der Waals surface area (Å²) in [6, 6.07) is 4.04. The van der Waals surface area contributed by atoms with Crippen LogP contribution in [0.1, 0.15) is 12.5 Å². The van der Waals surface area contributed by atoms with Gasteiger partial charge in [-0.05, 0) is 31.0 Å². The maximum atomic E-state index is 12.6. The van der Waals surface area contributed by atoms with Crippen LogP contribution in [0.3, 0.4) is 0 Å². The Labute approximate surface area is 143 Å². The molecule has 1 aliphatic rings. The molecule has 2 aromatic rings. The fourth-order valence-corrected chi connectivity index (χ4v) is 4.21. The van der Waals surface area contributed by atoms with Gasteiger partial charge in [-0.15, -0.1) is 0 Å². The summed E-state index contributed by atoms with van der Waals surface area (Å²) in [5, 5.41) is 4.07. The highest BCUT2D eigenvalue weighted by Crippen LogP contribution is 2.17. The molecule has 0 saturated carbocycles. The predicted molar refractivity (Wildman–Crippen MR) is 91.0 cm³/mol. The van der Waals surface area contributed by atoms with E-state index in [1.165, 1.54) is 11.8 Å². The molecule has 1 fully saturated rings. The van der Waals surface area contributed by atoms with Crippen LogP contribution in [-0.2, 0) is 23.0 Å². The molecule has 0 unspecified atom stereocenters. The highest BCUT2D eigenvalue weighted by Gasteiger charge is 2.29. The van der Waals surface area contributed by atoms with Crippen molar-refractivity contribution >= 4 is 10.0 Å². The number of pyridine rings is 1. The van der Waals surface area contributed by atoms with Gasteiger partial charge in [-0.2, -0.15) is 9.40 Å². The van der Waals surface area contributed by atoms with Crippen LogP contribution in [0.4, 0.5) is 0 Å². The lowest BCUT2D eigenvalue weighted by Gasteiger charge is -2.33. The van der Waals surface area contributed by atoms with Crippen molar-refractivity contribution in [2.24, 2.45) is 0 Å². The molecule has 0 atom stereocenters. The highest BCUT2D eigenvalue weighted by molar-refractivity contribution is 7.89. The summed E-state index contributed by atoms with van der Waals surface area (Å²) >= 11 is 0. The minimum absolute atomic E-state index is 0.287. The quantitative estimate of drug-likeness (QED) is 0.773. The molecule has 0 N–H and O–H groups in total. The third-order valence-electron chi connectivity index (χ3n) is 4.37. The Morgan fingerprint density at radius 2 is 1.83 bits per heavy atom. The number of aromatic nitrogens is 3. The number of rotatable bonds is 6. The summed E-state index contributed by atoms with van der Waals surface area (Å²) in [6.45, 7) is 6.10. The van der Waals surface area contributed by atoms with E-state index in [0.717, 1.165) is 26.1 Å². The number of hydrogen-bond donors (Lipinski definition) is 0. The molecule has 1 aliphatic heterocycles. The fraction of sp³-hybridized carbons (Fsp3) is 0.500. The van der Waals surface area contributed by atoms with E-state index >= 15 is 0 Å². The molecule has 2 aromatic heterocycles. The van der Waals surface area contributed by atoms with E-state index in [0.29, 0.717) is 19.6 Å². The van der Waals surface area contributed by atoms with Crippen LogP contribution in [0.25, 0.3) is 0 Å². The zero-order valence-electron chi connectivity index (χ0n) is 13.9. The molecule has 24 heavy (non-hydrogen) atoms. The summed E-state index contributed by atoms with van der Waals surface area (Å²) in [4.78, 5) is 6.61. The standard InChI is InChI=1S/C16H23N5O2S/c1-2-20-14-16(13-18-20)24(22,23)21-11-9-19(10-12-21)8-5-15-3-6-17-7-4-15/h3-4,6-7,13-14H,2,5,8-12H2,1H3. The van der Waals surface area contributed by atoms with Crippen molar-refractivity contribution in [3.63, 3.8) is 0 Å². The van der Waals surface area contributed by atoms with E-state index in [9.17, 15) is 8.42 Å². The number of sulfonamides is 1. The lowest BCUT2D eigenvalue weighted by molar-refractivity contribution is 0.190. The Kier molecular flexibility index (Phi) is 5.27. The average Bonchev–Trinajstić information content (AvgIpc) is 3.11. The molecule has 0 spiro atoms. The molecule has 7 nitrogen and oxygen atoms in total. The Morgan fingerprint density at radius 1 is 1.12 bits per heavy atom. The number of aryl methyl sites for hydroxylation is 1. The molecular weight excluding hydrogens is 326 g/mol. The first-order valence-electron chi connectivity index (χ1n) is 8.23. The Hall–Kier alpha value is -1.77. The minimum Gasteiger partial charge on any atom is -0.300 e. The van der Waals surface area contributed by atoms with Gasteiger partial charge in [-0.1, -0.05) is 0 Å². The van der Waals surface area contributed by atoms with Gasteiger partial charge < -0.3 is 4.90 Å². The van der Waals surface area contributed by atoms with Gasteiger partial charge in [0.2, 0.25) is 10.0 Å². The van der Waals surface area contributed by atoms with Gasteiger partial charge in [0.1, 0.15) is 4.90 Å². The zero-order valence-corrected chi connectivity index (χ0v) is 14.7. The number of hydrogen-bond acceptors (Lipinski definition) is 5. The summed E-state index contributed by atoms with van der Waals surface area (Å²) in [7, 11) is -3.43. The summed E-state index contributed by atoms with van der Waals surface area (Å²) in [5.74, 6) is 0. The van der Waals surface area contributed by atoms with E-state index in [4.69, 9.17) is 0 Å². The van der Waals surface area contributed by atoms with Crippen LogP contribution in [0.15, 0.2) is 41.8 Å². The lowest BCUT2D eigenvalue weighted by atomic mass is 10.2. The van der Waals surface area contributed by atoms with Crippen LogP contribution in [0, 0.1) is 0 Å². The molecule has 1 saturated heterocycles. The lowest BCUT2D eigenvalue weighted by Crippen LogP contribution is -2.48. The molecular formula is C16H23N5O2S. The van der Waals surface area contributed by atoms with E-state index in [2.05, 4.69) is 15.0 Å². The molecule has 0 bridgehead atoms. The van der Waals surface area contributed by atoms with E-state index in [1.54, 1.807) is 27.6 Å². The largest absolute Gasteiger partial charge is 0.300 e. The number of piperazine rings is 1. The van der Waals surface area contributed by atoms with Crippen molar-refractivity contribution in [3.05, 3.63) is 42.5 Å². The second kappa shape index (κ2) is 7.42.